The van der Waals surface area contributed by atoms with Crippen LogP contribution in [-0.2, 0) is 4.74 Å². The molecule has 0 saturated carbocycles. The first-order chi connectivity index (χ1) is 8.79. The van der Waals surface area contributed by atoms with Crippen LogP contribution in [0.2, 0.25) is 5.02 Å². The van der Waals surface area contributed by atoms with E-state index in [1.807, 2.05) is 31.3 Å². The van der Waals surface area contributed by atoms with Crippen LogP contribution < -0.4 is 10.1 Å². The first kappa shape index (κ1) is 13.7. The lowest BCUT2D eigenvalue weighted by molar-refractivity contribution is 0.0473. The van der Waals surface area contributed by atoms with Crippen molar-refractivity contribution >= 4 is 11.6 Å². The summed E-state index contributed by atoms with van der Waals surface area (Å²) < 4.78 is 11.2. The smallest absolute Gasteiger partial charge is 0.120 e. The van der Waals surface area contributed by atoms with E-state index in [2.05, 4.69) is 5.32 Å². The third-order valence-corrected chi connectivity index (χ3v) is 3.67. The molecule has 0 radical (unpaired) electrons. The van der Waals surface area contributed by atoms with Gasteiger partial charge >= 0.3 is 0 Å². The number of benzene rings is 1. The van der Waals surface area contributed by atoms with Crippen LogP contribution in [0.25, 0.3) is 0 Å². The molecular formula is C14H20ClNO2. The van der Waals surface area contributed by atoms with Crippen LogP contribution in [0.15, 0.2) is 24.3 Å². The third-order valence-electron chi connectivity index (χ3n) is 3.43. The van der Waals surface area contributed by atoms with Crippen LogP contribution in [0.3, 0.4) is 0 Å². The van der Waals surface area contributed by atoms with Crippen LogP contribution in [-0.4, -0.2) is 32.9 Å². The van der Waals surface area contributed by atoms with Crippen molar-refractivity contribution in [3.63, 3.8) is 0 Å². The van der Waals surface area contributed by atoms with Gasteiger partial charge in [-0.05, 0) is 44.0 Å². The predicted molar refractivity (Wildman–Crippen MR) is 73.3 cm³/mol. The van der Waals surface area contributed by atoms with E-state index in [1.54, 1.807) is 0 Å². The number of nitrogens with one attached hydrogen (secondary N) is 1. The summed E-state index contributed by atoms with van der Waals surface area (Å²) in [5.74, 6) is 1.46. The Kier molecular flexibility index (Phi) is 5.29. The molecule has 4 heteroatoms. The Morgan fingerprint density at radius 3 is 2.89 bits per heavy atom. The number of halogens is 1. The van der Waals surface area contributed by atoms with Gasteiger partial charge in [-0.15, -0.1) is 0 Å². The average Bonchev–Trinajstić information content (AvgIpc) is 2.41. The molecule has 100 valence electrons. The molecule has 1 N–H and O–H groups in total. The minimum atomic E-state index is 0.368. The van der Waals surface area contributed by atoms with E-state index in [0.717, 1.165) is 31.8 Å². The molecule has 3 nitrogen and oxygen atoms in total. The molecular weight excluding hydrogens is 250 g/mol. The lowest BCUT2D eigenvalue weighted by Gasteiger charge is -2.30. The van der Waals surface area contributed by atoms with Gasteiger partial charge in [0.1, 0.15) is 12.4 Å². The van der Waals surface area contributed by atoms with Gasteiger partial charge < -0.3 is 14.8 Å². The quantitative estimate of drug-likeness (QED) is 0.892. The maximum atomic E-state index is 5.93. The SMILES string of the molecule is CNC(COc1cccc(Cl)c1)C1CCOCC1. The Morgan fingerprint density at radius 2 is 2.22 bits per heavy atom. The third kappa shape index (κ3) is 3.87. The Morgan fingerprint density at radius 1 is 1.44 bits per heavy atom. The van der Waals surface area contributed by atoms with Crippen molar-refractivity contribution in [1.29, 1.82) is 0 Å². The Hall–Kier alpha value is -0.770. The highest BCUT2D eigenvalue weighted by atomic mass is 35.5. The normalized spacial score (nSPS) is 18.6. The van der Waals surface area contributed by atoms with Gasteiger partial charge in [0.2, 0.25) is 0 Å². The highest BCUT2D eigenvalue weighted by Gasteiger charge is 2.23. The average molecular weight is 270 g/mol. The van der Waals surface area contributed by atoms with Crippen molar-refractivity contribution < 1.29 is 9.47 Å². The molecule has 1 aromatic rings. The summed E-state index contributed by atoms with van der Waals surface area (Å²) in [5.41, 5.74) is 0. The minimum Gasteiger partial charge on any atom is -0.492 e. The summed E-state index contributed by atoms with van der Waals surface area (Å²) in [6, 6.07) is 7.90. The molecule has 0 aromatic heterocycles. The largest absolute Gasteiger partial charge is 0.492 e. The summed E-state index contributed by atoms with van der Waals surface area (Å²) >= 11 is 5.93. The van der Waals surface area contributed by atoms with Crippen LogP contribution >= 0.6 is 11.6 Å². The maximum absolute atomic E-state index is 5.93. The molecule has 0 aliphatic carbocycles. The van der Waals surface area contributed by atoms with E-state index in [1.165, 1.54) is 0 Å². The van der Waals surface area contributed by atoms with E-state index >= 15 is 0 Å². The summed E-state index contributed by atoms with van der Waals surface area (Å²) in [6.45, 7) is 2.39. The molecule has 1 saturated heterocycles. The lowest BCUT2D eigenvalue weighted by Crippen LogP contribution is -2.41. The van der Waals surface area contributed by atoms with E-state index in [-0.39, 0.29) is 0 Å². The van der Waals surface area contributed by atoms with E-state index in [9.17, 15) is 0 Å². The first-order valence-electron chi connectivity index (χ1n) is 6.43. The molecule has 2 rings (SSSR count). The number of hydrogen-bond donors (Lipinski definition) is 1. The van der Waals surface area contributed by atoms with E-state index < -0.39 is 0 Å². The lowest BCUT2D eigenvalue weighted by atomic mass is 9.92. The second-order valence-electron chi connectivity index (χ2n) is 4.61. The molecule has 0 amide bonds. The highest BCUT2D eigenvalue weighted by Crippen LogP contribution is 2.21. The second-order valence-corrected chi connectivity index (χ2v) is 5.05. The van der Waals surface area contributed by atoms with Crippen LogP contribution in [0.1, 0.15) is 12.8 Å². The van der Waals surface area contributed by atoms with Gasteiger partial charge in [-0.3, -0.25) is 0 Å². The minimum absolute atomic E-state index is 0.368. The highest BCUT2D eigenvalue weighted by molar-refractivity contribution is 6.30. The van der Waals surface area contributed by atoms with Gasteiger partial charge in [0.25, 0.3) is 0 Å². The van der Waals surface area contributed by atoms with Crippen molar-refractivity contribution in [1.82, 2.24) is 5.32 Å². The molecule has 1 heterocycles. The molecule has 1 aliphatic heterocycles. The van der Waals surface area contributed by atoms with E-state index in [4.69, 9.17) is 21.1 Å². The first-order valence-corrected chi connectivity index (χ1v) is 6.81. The Bertz CT molecular complexity index is 367. The number of ether oxygens (including phenoxy) is 2. The molecule has 1 aromatic carbocycles. The molecule has 0 bridgehead atoms. The number of likely N-dealkylation sites (N-methyl/N-ethyl adjacent to an activating group) is 1. The molecule has 1 atom stereocenters. The number of hydrogen-bond acceptors (Lipinski definition) is 3. The zero-order valence-electron chi connectivity index (χ0n) is 10.7. The standard InChI is InChI=1S/C14H20ClNO2/c1-16-14(11-5-7-17-8-6-11)10-18-13-4-2-3-12(15)9-13/h2-4,9,11,14,16H,5-8,10H2,1H3. The van der Waals surface area contributed by atoms with Gasteiger partial charge in [0.05, 0.1) is 0 Å². The van der Waals surface area contributed by atoms with Gasteiger partial charge in [0.15, 0.2) is 0 Å². The Labute approximate surface area is 113 Å². The summed E-state index contributed by atoms with van der Waals surface area (Å²) in [5, 5.41) is 4.05. The predicted octanol–water partition coefficient (Wildman–Crippen LogP) is 2.73. The fraction of sp³-hybridized carbons (Fsp3) is 0.571. The van der Waals surface area contributed by atoms with Crippen molar-refractivity contribution in [3.8, 4) is 5.75 Å². The van der Waals surface area contributed by atoms with Gasteiger partial charge in [-0.2, -0.15) is 0 Å². The van der Waals surface area contributed by atoms with Crippen LogP contribution in [0, 0.1) is 5.92 Å². The van der Waals surface area contributed by atoms with Gasteiger partial charge in [0, 0.05) is 24.3 Å². The topological polar surface area (TPSA) is 30.5 Å². The van der Waals surface area contributed by atoms with Crippen molar-refractivity contribution in [2.75, 3.05) is 26.9 Å². The molecule has 0 spiro atoms. The molecule has 1 aliphatic rings. The van der Waals surface area contributed by atoms with Gasteiger partial charge in [-0.25, -0.2) is 0 Å². The van der Waals surface area contributed by atoms with E-state index in [0.29, 0.717) is 23.6 Å². The molecule has 1 fully saturated rings. The summed E-state index contributed by atoms with van der Waals surface area (Å²) in [6.07, 6.45) is 2.20. The zero-order valence-corrected chi connectivity index (χ0v) is 11.5. The summed E-state index contributed by atoms with van der Waals surface area (Å²) in [4.78, 5) is 0. The zero-order chi connectivity index (χ0) is 12.8. The fourth-order valence-electron chi connectivity index (χ4n) is 2.32. The van der Waals surface area contributed by atoms with Crippen LogP contribution in [0.5, 0.6) is 5.75 Å². The Balaban J connectivity index is 1.86. The fourth-order valence-corrected chi connectivity index (χ4v) is 2.50. The van der Waals surface area contributed by atoms with Crippen molar-refractivity contribution in [3.05, 3.63) is 29.3 Å². The second kappa shape index (κ2) is 6.98. The summed E-state index contributed by atoms with van der Waals surface area (Å²) in [7, 11) is 1.99. The monoisotopic (exact) mass is 269 g/mol. The molecule has 18 heavy (non-hydrogen) atoms. The van der Waals surface area contributed by atoms with Crippen molar-refractivity contribution in [2.45, 2.75) is 18.9 Å². The maximum Gasteiger partial charge on any atom is 0.120 e. The molecule has 1 unspecified atom stereocenters. The van der Waals surface area contributed by atoms with Gasteiger partial charge in [-0.1, -0.05) is 17.7 Å². The van der Waals surface area contributed by atoms with Crippen molar-refractivity contribution in [2.24, 2.45) is 5.92 Å². The van der Waals surface area contributed by atoms with Crippen LogP contribution in [0.4, 0.5) is 0 Å². The number of rotatable bonds is 5.